The number of carbonyl (C=O) groups is 2. The predicted molar refractivity (Wildman–Crippen MR) is 126 cm³/mol. The second-order valence-electron chi connectivity index (χ2n) is 7.10. The van der Waals surface area contributed by atoms with Crippen LogP contribution in [0.3, 0.4) is 0 Å². The standard InChI is InChI=1S/C20H16BrCl2N7O2/c1-9(2)26-20(32)15-16-10(8-25-28-16)6-12(23)17(15)27-19(31)13-7-14(21)29-30(13)18-11(22)4-3-5-24-18/h3-9H,1-2H3,(H,25,28)(H,26,32)(H,27,31). The van der Waals surface area contributed by atoms with E-state index in [4.69, 9.17) is 23.2 Å². The molecular weight excluding hydrogens is 521 g/mol. The van der Waals surface area contributed by atoms with E-state index < -0.39 is 11.8 Å². The van der Waals surface area contributed by atoms with Crippen molar-refractivity contribution in [1.82, 2.24) is 30.3 Å². The molecule has 0 spiro atoms. The number of H-pyrrole nitrogens is 1. The van der Waals surface area contributed by atoms with Gasteiger partial charge < -0.3 is 10.6 Å². The van der Waals surface area contributed by atoms with Crippen molar-refractivity contribution in [1.29, 1.82) is 0 Å². The van der Waals surface area contributed by atoms with Crippen molar-refractivity contribution in [2.24, 2.45) is 0 Å². The predicted octanol–water partition coefficient (Wildman–Crippen LogP) is 4.60. The van der Waals surface area contributed by atoms with E-state index in [0.29, 0.717) is 20.5 Å². The van der Waals surface area contributed by atoms with E-state index in [0.717, 1.165) is 0 Å². The molecule has 3 N–H and O–H groups in total. The minimum atomic E-state index is -0.565. The Morgan fingerprint density at radius 3 is 2.69 bits per heavy atom. The Labute approximate surface area is 200 Å². The van der Waals surface area contributed by atoms with Crippen LogP contribution in [0.15, 0.2) is 41.3 Å². The van der Waals surface area contributed by atoms with Crippen LogP contribution in [-0.4, -0.2) is 42.8 Å². The fourth-order valence-corrected chi connectivity index (χ4v) is 3.96. The van der Waals surface area contributed by atoms with E-state index in [1.165, 1.54) is 16.9 Å². The fraction of sp³-hybridized carbons (Fsp3) is 0.150. The minimum Gasteiger partial charge on any atom is -0.350 e. The lowest BCUT2D eigenvalue weighted by Crippen LogP contribution is -2.31. The van der Waals surface area contributed by atoms with Crippen molar-refractivity contribution in [2.45, 2.75) is 19.9 Å². The zero-order valence-electron chi connectivity index (χ0n) is 16.8. The van der Waals surface area contributed by atoms with Crippen molar-refractivity contribution < 1.29 is 9.59 Å². The van der Waals surface area contributed by atoms with Gasteiger partial charge >= 0.3 is 0 Å². The highest BCUT2D eigenvalue weighted by molar-refractivity contribution is 9.10. The van der Waals surface area contributed by atoms with Gasteiger partial charge in [-0.05, 0) is 48.0 Å². The second kappa shape index (κ2) is 8.89. The van der Waals surface area contributed by atoms with Gasteiger partial charge in [0.1, 0.15) is 10.3 Å². The summed E-state index contributed by atoms with van der Waals surface area (Å²) in [6.07, 6.45) is 3.09. The van der Waals surface area contributed by atoms with E-state index in [1.54, 1.807) is 24.4 Å². The third kappa shape index (κ3) is 4.21. The molecular formula is C20H16BrCl2N7O2. The molecule has 32 heavy (non-hydrogen) atoms. The van der Waals surface area contributed by atoms with Crippen molar-refractivity contribution >= 4 is 67.5 Å². The maximum atomic E-state index is 13.3. The van der Waals surface area contributed by atoms with Crippen molar-refractivity contribution in [2.75, 3.05) is 5.32 Å². The summed E-state index contributed by atoms with van der Waals surface area (Å²) in [4.78, 5) is 30.5. The summed E-state index contributed by atoms with van der Waals surface area (Å²) < 4.78 is 1.70. The van der Waals surface area contributed by atoms with Crippen LogP contribution >= 0.6 is 39.1 Å². The van der Waals surface area contributed by atoms with E-state index in [9.17, 15) is 9.59 Å². The largest absolute Gasteiger partial charge is 0.350 e. The first kappa shape index (κ1) is 22.3. The smallest absolute Gasteiger partial charge is 0.274 e. The van der Waals surface area contributed by atoms with Gasteiger partial charge in [0, 0.05) is 23.7 Å². The van der Waals surface area contributed by atoms with Gasteiger partial charge in [-0.3, -0.25) is 14.7 Å². The molecule has 0 aliphatic heterocycles. The number of aromatic nitrogens is 5. The summed E-state index contributed by atoms with van der Waals surface area (Å²) in [7, 11) is 0. The highest BCUT2D eigenvalue weighted by Crippen LogP contribution is 2.33. The van der Waals surface area contributed by atoms with Gasteiger partial charge in [0.25, 0.3) is 11.8 Å². The lowest BCUT2D eigenvalue weighted by molar-refractivity contribution is 0.0945. The quantitative estimate of drug-likeness (QED) is 0.344. The van der Waals surface area contributed by atoms with Crippen LogP contribution < -0.4 is 10.6 Å². The summed E-state index contributed by atoms with van der Waals surface area (Å²) in [6, 6.07) is 6.30. The molecule has 3 aromatic heterocycles. The van der Waals surface area contributed by atoms with Crippen LogP contribution in [0, 0.1) is 0 Å². The molecule has 0 aliphatic rings. The summed E-state index contributed by atoms with van der Waals surface area (Å²) in [5.74, 6) is -0.698. The average Bonchev–Trinajstić information content (AvgIpc) is 3.34. The van der Waals surface area contributed by atoms with Gasteiger partial charge in [-0.1, -0.05) is 23.2 Å². The zero-order chi connectivity index (χ0) is 23.0. The highest BCUT2D eigenvalue weighted by Gasteiger charge is 2.25. The molecule has 0 atom stereocenters. The topological polar surface area (TPSA) is 118 Å². The van der Waals surface area contributed by atoms with Gasteiger partial charge in [-0.2, -0.15) is 10.2 Å². The second-order valence-corrected chi connectivity index (χ2v) is 8.72. The summed E-state index contributed by atoms with van der Waals surface area (Å²) >= 11 is 16.0. The molecule has 1 aromatic carbocycles. The molecule has 0 saturated carbocycles. The van der Waals surface area contributed by atoms with Crippen LogP contribution in [0.4, 0.5) is 5.69 Å². The Hall–Kier alpha value is -2.95. The number of amides is 2. The van der Waals surface area contributed by atoms with Crippen molar-refractivity contribution in [3.8, 4) is 5.82 Å². The van der Waals surface area contributed by atoms with Crippen LogP contribution in [0.5, 0.6) is 0 Å². The Balaban J connectivity index is 1.80. The molecule has 0 radical (unpaired) electrons. The molecule has 4 aromatic rings. The minimum absolute atomic E-state index is 0.133. The van der Waals surface area contributed by atoms with Crippen LogP contribution in [0.1, 0.15) is 34.7 Å². The first-order valence-electron chi connectivity index (χ1n) is 9.40. The van der Waals surface area contributed by atoms with Gasteiger partial charge in [-0.15, -0.1) is 0 Å². The highest BCUT2D eigenvalue weighted by atomic mass is 79.9. The number of carbonyl (C=O) groups excluding carboxylic acids is 2. The first-order chi connectivity index (χ1) is 15.3. The van der Waals surface area contributed by atoms with Gasteiger partial charge in [0.2, 0.25) is 0 Å². The average molecular weight is 537 g/mol. The number of halogens is 3. The van der Waals surface area contributed by atoms with Crippen LogP contribution in [0.2, 0.25) is 10.0 Å². The Kier molecular flexibility index (Phi) is 6.18. The number of hydrogen-bond acceptors (Lipinski definition) is 5. The van der Waals surface area contributed by atoms with E-state index >= 15 is 0 Å². The molecule has 2 amide bonds. The Morgan fingerprint density at radius 1 is 1.19 bits per heavy atom. The molecule has 4 rings (SSSR count). The number of fused-ring (bicyclic) bond motifs is 1. The van der Waals surface area contributed by atoms with E-state index in [1.807, 2.05) is 13.8 Å². The molecule has 0 unspecified atom stereocenters. The summed E-state index contributed by atoms with van der Waals surface area (Å²) in [5, 5.41) is 17.7. The zero-order valence-corrected chi connectivity index (χ0v) is 19.9. The van der Waals surface area contributed by atoms with Gasteiger partial charge in [0.05, 0.1) is 33.0 Å². The maximum absolute atomic E-state index is 13.3. The number of nitrogens with zero attached hydrogens (tertiary/aromatic N) is 4. The molecule has 0 saturated heterocycles. The first-order valence-corrected chi connectivity index (χ1v) is 11.0. The van der Waals surface area contributed by atoms with Gasteiger partial charge in [0.15, 0.2) is 5.82 Å². The number of nitrogens with one attached hydrogen (secondary N) is 3. The summed E-state index contributed by atoms with van der Waals surface area (Å²) in [6.45, 7) is 3.66. The normalized spacial score (nSPS) is 11.2. The maximum Gasteiger partial charge on any atom is 0.274 e. The lowest BCUT2D eigenvalue weighted by atomic mass is 10.1. The molecule has 3 heterocycles. The van der Waals surface area contributed by atoms with Crippen molar-refractivity contribution in [3.63, 3.8) is 0 Å². The van der Waals surface area contributed by atoms with E-state index in [-0.39, 0.29) is 33.8 Å². The van der Waals surface area contributed by atoms with Gasteiger partial charge in [-0.25, -0.2) is 9.67 Å². The molecule has 0 aliphatic carbocycles. The monoisotopic (exact) mass is 535 g/mol. The van der Waals surface area contributed by atoms with Crippen LogP contribution in [0.25, 0.3) is 16.7 Å². The third-order valence-corrected chi connectivity index (χ3v) is 5.41. The Bertz CT molecular complexity index is 1350. The molecule has 9 nitrogen and oxygen atoms in total. The molecule has 164 valence electrons. The number of aromatic amines is 1. The Morgan fingerprint density at radius 2 is 1.97 bits per heavy atom. The fourth-order valence-electron chi connectivity index (χ4n) is 3.13. The number of pyridine rings is 1. The molecule has 12 heteroatoms. The molecule has 0 bridgehead atoms. The van der Waals surface area contributed by atoms with Crippen molar-refractivity contribution in [3.05, 3.63) is 62.6 Å². The number of benzene rings is 1. The number of hydrogen-bond donors (Lipinski definition) is 3. The van der Waals surface area contributed by atoms with Crippen LogP contribution in [-0.2, 0) is 0 Å². The third-order valence-electron chi connectivity index (χ3n) is 4.43. The SMILES string of the molecule is CC(C)NC(=O)c1c(NC(=O)c2cc(Br)nn2-c2ncccc2Cl)c(Cl)cc2cn[nH]c12. The lowest BCUT2D eigenvalue weighted by Gasteiger charge is -2.16. The van der Waals surface area contributed by atoms with E-state index in [2.05, 4.69) is 46.8 Å². The number of anilines is 1. The number of rotatable bonds is 5. The molecule has 0 fully saturated rings. The summed E-state index contributed by atoms with van der Waals surface area (Å²) in [5.41, 5.74) is 0.898.